The van der Waals surface area contributed by atoms with Crippen molar-refractivity contribution < 1.29 is 4.74 Å². The van der Waals surface area contributed by atoms with E-state index in [0.29, 0.717) is 0 Å². The summed E-state index contributed by atoms with van der Waals surface area (Å²) in [5.74, 6) is 0. The maximum atomic E-state index is 6.21. The summed E-state index contributed by atoms with van der Waals surface area (Å²) < 4.78 is 7.16. The van der Waals surface area contributed by atoms with Crippen LogP contribution in [0, 0.1) is 6.92 Å². The highest BCUT2D eigenvalue weighted by atomic mass is 35.5. The molecule has 2 unspecified atom stereocenters. The Morgan fingerprint density at radius 1 is 1.56 bits per heavy atom. The van der Waals surface area contributed by atoms with Crippen molar-refractivity contribution in [1.82, 2.24) is 15.1 Å². The predicted octanol–water partition coefficient (Wildman–Crippen LogP) is 1.55. The number of aryl methyl sites for hydroxylation is 2. The lowest BCUT2D eigenvalue weighted by molar-refractivity contribution is 0.0851. The van der Waals surface area contributed by atoms with Gasteiger partial charge in [-0.3, -0.25) is 4.68 Å². The molecule has 1 heterocycles. The topological polar surface area (TPSA) is 39.1 Å². The number of nitrogens with zero attached hydrogens (tertiary/aromatic N) is 2. The van der Waals surface area contributed by atoms with Gasteiger partial charge in [0.2, 0.25) is 0 Å². The molecule has 0 aliphatic carbocycles. The summed E-state index contributed by atoms with van der Waals surface area (Å²) in [6.45, 7) is 3.96. The largest absolute Gasteiger partial charge is 0.380 e. The van der Waals surface area contributed by atoms with Gasteiger partial charge >= 0.3 is 0 Å². The van der Waals surface area contributed by atoms with Crippen LogP contribution in [0.25, 0.3) is 0 Å². The minimum absolute atomic E-state index is 0.135. The summed E-state index contributed by atoms with van der Waals surface area (Å²) in [7, 11) is 5.56. The molecular formula is C11H20ClN3O. The van der Waals surface area contributed by atoms with Crippen LogP contribution < -0.4 is 5.32 Å². The fraction of sp³-hybridized carbons (Fsp3) is 0.727. The zero-order chi connectivity index (χ0) is 12.3. The lowest BCUT2D eigenvalue weighted by Gasteiger charge is -2.22. The van der Waals surface area contributed by atoms with Crippen LogP contribution in [0.3, 0.4) is 0 Å². The first kappa shape index (κ1) is 13.5. The van der Waals surface area contributed by atoms with Gasteiger partial charge in [0, 0.05) is 26.6 Å². The maximum absolute atomic E-state index is 6.21. The van der Waals surface area contributed by atoms with Gasteiger partial charge in [-0.1, -0.05) is 11.6 Å². The second-order valence-electron chi connectivity index (χ2n) is 4.01. The second kappa shape index (κ2) is 5.66. The van der Waals surface area contributed by atoms with Crippen molar-refractivity contribution in [3.63, 3.8) is 0 Å². The van der Waals surface area contributed by atoms with E-state index in [2.05, 4.69) is 10.4 Å². The highest BCUT2D eigenvalue weighted by Gasteiger charge is 2.20. The molecule has 92 valence electrons. The van der Waals surface area contributed by atoms with E-state index in [1.54, 1.807) is 7.11 Å². The lowest BCUT2D eigenvalue weighted by atomic mass is 10.1. The third-order valence-corrected chi connectivity index (χ3v) is 3.48. The average Bonchev–Trinajstić information content (AvgIpc) is 2.50. The number of rotatable bonds is 5. The molecule has 0 saturated carbocycles. The van der Waals surface area contributed by atoms with E-state index in [-0.39, 0.29) is 12.1 Å². The Balaban J connectivity index is 2.85. The zero-order valence-corrected chi connectivity index (χ0v) is 11.3. The van der Waals surface area contributed by atoms with E-state index in [9.17, 15) is 0 Å². The van der Waals surface area contributed by atoms with Crippen LogP contribution in [0.4, 0.5) is 0 Å². The number of ether oxygens (including phenoxy) is 1. The maximum Gasteiger partial charge on any atom is 0.0847 e. The molecule has 16 heavy (non-hydrogen) atoms. The van der Waals surface area contributed by atoms with Gasteiger partial charge < -0.3 is 10.1 Å². The Morgan fingerprint density at radius 3 is 2.56 bits per heavy atom. The predicted molar refractivity (Wildman–Crippen MR) is 66.0 cm³/mol. The van der Waals surface area contributed by atoms with Gasteiger partial charge in [0.25, 0.3) is 0 Å². The standard InChI is InChI=1S/C11H20ClN3O/c1-7-11(12)10(15(4)14-7)6-9(13-3)8(2)16-5/h8-9,13H,6H2,1-5H3. The molecule has 4 nitrogen and oxygen atoms in total. The molecule has 2 atom stereocenters. The summed E-state index contributed by atoms with van der Waals surface area (Å²) in [6.07, 6.45) is 0.943. The monoisotopic (exact) mass is 245 g/mol. The molecular weight excluding hydrogens is 226 g/mol. The highest BCUT2D eigenvalue weighted by molar-refractivity contribution is 6.31. The molecule has 1 aromatic rings. The van der Waals surface area contributed by atoms with Crippen LogP contribution in [0.2, 0.25) is 5.02 Å². The SMILES string of the molecule is CNC(Cc1c(Cl)c(C)nn1C)C(C)OC. The molecule has 0 bridgehead atoms. The molecule has 0 aliphatic heterocycles. The Bertz CT molecular complexity index is 351. The van der Waals surface area contributed by atoms with E-state index in [1.807, 2.05) is 32.6 Å². The molecule has 5 heteroatoms. The zero-order valence-electron chi connectivity index (χ0n) is 10.5. The average molecular weight is 246 g/mol. The summed E-state index contributed by atoms with van der Waals surface area (Å²) in [4.78, 5) is 0. The van der Waals surface area contributed by atoms with E-state index >= 15 is 0 Å². The number of hydrogen-bond donors (Lipinski definition) is 1. The number of halogens is 1. The first-order chi connectivity index (χ1) is 7.51. The molecule has 0 saturated heterocycles. The summed E-state index contributed by atoms with van der Waals surface area (Å²) in [5.41, 5.74) is 1.92. The van der Waals surface area contributed by atoms with Gasteiger partial charge in [0.1, 0.15) is 0 Å². The summed E-state index contributed by atoms with van der Waals surface area (Å²) >= 11 is 6.21. The Kier molecular flexibility index (Phi) is 4.77. The first-order valence-electron chi connectivity index (χ1n) is 5.39. The molecule has 0 spiro atoms. The van der Waals surface area contributed by atoms with E-state index in [1.165, 1.54) is 0 Å². The van der Waals surface area contributed by atoms with Crippen molar-refractivity contribution in [2.75, 3.05) is 14.2 Å². The minimum Gasteiger partial charge on any atom is -0.380 e. The first-order valence-corrected chi connectivity index (χ1v) is 5.77. The smallest absolute Gasteiger partial charge is 0.0847 e. The van der Waals surface area contributed by atoms with Gasteiger partial charge in [0.15, 0.2) is 0 Å². The van der Waals surface area contributed by atoms with Gasteiger partial charge in [-0.05, 0) is 20.9 Å². The molecule has 0 fully saturated rings. The van der Waals surface area contributed by atoms with E-state index in [4.69, 9.17) is 16.3 Å². The molecule has 1 N–H and O–H groups in total. The van der Waals surface area contributed by atoms with Gasteiger partial charge in [-0.15, -0.1) is 0 Å². The van der Waals surface area contributed by atoms with Crippen molar-refractivity contribution in [1.29, 1.82) is 0 Å². The molecule has 1 rings (SSSR count). The third-order valence-electron chi connectivity index (χ3n) is 2.98. The molecule has 1 aromatic heterocycles. The Morgan fingerprint density at radius 2 is 2.19 bits per heavy atom. The van der Waals surface area contributed by atoms with Gasteiger partial charge in [-0.2, -0.15) is 5.10 Å². The Hall–Kier alpha value is -0.580. The van der Waals surface area contributed by atoms with E-state index in [0.717, 1.165) is 22.8 Å². The number of nitrogens with one attached hydrogen (secondary N) is 1. The molecule has 0 aromatic carbocycles. The number of aromatic nitrogens is 2. The second-order valence-corrected chi connectivity index (χ2v) is 4.39. The molecule has 0 aliphatic rings. The molecule has 0 radical (unpaired) electrons. The van der Waals surface area contributed by atoms with E-state index < -0.39 is 0 Å². The van der Waals surface area contributed by atoms with Crippen LogP contribution in [0.15, 0.2) is 0 Å². The van der Waals surface area contributed by atoms with Gasteiger partial charge in [0.05, 0.1) is 22.5 Å². The van der Waals surface area contributed by atoms with Crippen molar-refractivity contribution >= 4 is 11.6 Å². The van der Waals surface area contributed by atoms with Crippen LogP contribution in [0.1, 0.15) is 18.3 Å². The Labute approximate surface area is 102 Å². The van der Waals surface area contributed by atoms with Crippen molar-refractivity contribution in [3.05, 3.63) is 16.4 Å². The number of likely N-dealkylation sites (N-methyl/N-ethyl adjacent to an activating group) is 1. The van der Waals surface area contributed by atoms with Crippen molar-refractivity contribution in [2.24, 2.45) is 7.05 Å². The van der Waals surface area contributed by atoms with Crippen molar-refractivity contribution in [3.8, 4) is 0 Å². The highest BCUT2D eigenvalue weighted by Crippen LogP contribution is 2.21. The lowest BCUT2D eigenvalue weighted by Crippen LogP contribution is -2.39. The van der Waals surface area contributed by atoms with Gasteiger partial charge in [-0.25, -0.2) is 0 Å². The van der Waals surface area contributed by atoms with Crippen LogP contribution in [-0.2, 0) is 18.2 Å². The number of methoxy groups -OCH3 is 1. The number of hydrogen-bond acceptors (Lipinski definition) is 3. The minimum atomic E-state index is 0.135. The molecule has 0 amide bonds. The fourth-order valence-corrected chi connectivity index (χ4v) is 2.01. The summed E-state index contributed by atoms with van der Waals surface area (Å²) in [6, 6.07) is 0.234. The van der Waals surface area contributed by atoms with Crippen LogP contribution in [-0.4, -0.2) is 36.1 Å². The van der Waals surface area contributed by atoms with Crippen LogP contribution in [0.5, 0.6) is 0 Å². The quantitative estimate of drug-likeness (QED) is 0.856. The normalized spacial score (nSPS) is 15.1. The fourth-order valence-electron chi connectivity index (χ4n) is 1.78. The van der Waals surface area contributed by atoms with Crippen molar-refractivity contribution in [2.45, 2.75) is 32.4 Å². The third kappa shape index (κ3) is 2.75. The summed E-state index contributed by atoms with van der Waals surface area (Å²) in [5, 5.41) is 8.30. The van der Waals surface area contributed by atoms with Crippen LogP contribution >= 0.6 is 11.6 Å².